The maximum absolute atomic E-state index is 13.7. The summed E-state index contributed by atoms with van der Waals surface area (Å²) in [6.07, 6.45) is 1.53. The number of hydrogen-bond acceptors (Lipinski definition) is 3. The van der Waals surface area contributed by atoms with Crippen LogP contribution in [0.15, 0.2) is 54.6 Å². The minimum absolute atomic E-state index is 0. The van der Waals surface area contributed by atoms with Gasteiger partial charge in [-0.15, -0.1) is 0 Å². The van der Waals surface area contributed by atoms with Crippen LogP contribution in [-0.2, 0) is 0 Å². The van der Waals surface area contributed by atoms with Crippen LogP contribution >= 0.6 is 0 Å². The van der Waals surface area contributed by atoms with Gasteiger partial charge in [-0.25, -0.2) is 4.39 Å². The second-order valence-electron chi connectivity index (χ2n) is 7.54. The predicted molar refractivity (Wildman–Crippen MR) is 130 cm³/mol. The number of nitrogens with one attached hydrogen (secondary N) is 2. The molecule has 1 aliphatic heterocycles. The number of fused-ring (bicyclic) bond motifs is 1. The van der Waals surface area contributed by atoms with E-state index in [1.807, 2.05) is 37.3 Å². The van der Waals surface area contributed by atoms with E-state index in [1.165, 1.54) is 18.7 Å². The van der Waals surface area contributed by atoms with E-state index in [-0.39, 0.29) is 26.1 Å². The van der Waals surface area contributed by atoms with Gasteiger partial charge in [0.2, 0.25) is 0 Å². The van der Waals surface area contributed by atoms with Crippen molar-refractivity contribution < 1.29 is 21.6 Å². The third-order valence-electron chi connectivity index (χ3n) is 5.48. The molecule has 5 nitrogen and oxygen atoms in total. The van der Waals surface area contributed by atoms with Gasteiger partial charge >= 0.3 is 0 Å². The molecule has 0 aliphatic carbocycles. The van der Waals surface area contributed by atoms with Crippen LogP contribution in [0.3, 0.4) is 0 Å². The Morgan fingerprint density at radius 1 is 1.09 bits per heavy atom. The highest BCUT2D eigenvalue weighted by atomic mass is 19.1. The maximum Gasteiger partial charge on any atom is 0.254 e. The molecule has 1 aliphatic rings. The standard InChI is InChI=1S/C20H21FN2O3.C6H12.2H2/c1-3-23-19(24)13-9-14-17(12-7-5-4-6-8-12)16(11-21)26-18(14)15(10-13)20(25)22-2;1-4-6(3)5-2;;/h4-10,16-17H,3,11H2,1-2H3,(H,22,25)(H,23,24);3-5H2,1-2H3;2*1H/t16-,17+;;;/m1.../s1. The summed E-state index contributed by atoms with van der Waals surface area (Å²) in [6.45, 7) is 9.65. The smallest absolute Gasteiger partial charge is 0.254 e. The van der Waals surface area contributed by atoms with Crippen molar-refractivity contribution in [2.75, 3.05) is 20.3 Å². The Kier molecular flexibility index (Phi) is 9.44. The van der Waals surface area contributed by atoms with Gasteiger partial charge in [-0.05, 0) is 37.5 Å². The number of rotatable bonds is 7. The summed E-state index contributed by atoms with van der Waals surface area (Å²) in [7, 11) is 1.50. The van der Waals surface area contributed by atoms with Gasteiger partial charge in [-0.3, -0.25) is 9.59 Å². The monoisotopic (exact) mass is 444 g/mol. The van der Waals surface area contributed by atoms with Crippen molar-refractivity contribution in [3.05, 3.63) is 76.9 Å². The lowest BCUT2D eigenvalue weighted by molar-refractivity contribution is 0.0955. The highest BCUT2D eigenvalue weighted by Crippen LogP contribution is 2.45. The number of carbonyl (C=O) groups excluding carboxylic acids is 2. The Morgan fingerprint density at radius 2 is 1.75 bits per heavy atom. The van der Waals surface area contributed by atoms with Gasteiger partial charge in [0.15, 0.2) is 0 Å². The van der Waals surface area contributed by atoms with Crippen LogP contribution < -0.4 is 15.4 Å². The van der Waals surface area contributed by atoms with Crippen molar-refractivity contribution in [2.24, 2.45) is 0 Å². The number of benzene rings is 2. The van der Waals surface area contributed by atoms with Crippen molar-refractivity contribution >= 4 is 11.8 Å². The molecule has 0 aromatic heterocycles. The van der Waals surface area contributed by atoms with Gasteiger partial charge in [-0.1, -0.05) is 56.3 Å². The Balaban J connectivity index is 0.00000121. The molecule has 0 unspecified atom stereocenters. The normalized spacial score (nSPS) is 16.2. The lowest BCUT2D eigenvalue weighted by Gasteiger charge is -2.16. The van der Waals surface area contributed by atoms with E-state index >= 15 is 0 Å². The van der Waals surface area contributed by atoms with Crippen molar-refractivity contribution in [3.63, 3.8) is 0 Å². The molecule has 2 N–H and O–H groups in total. The number of alkyl halides is 1. The molecule has 6 heteroatoms. The molecule has 1 heterocycles. The molecule has 0 fully saturated rings. The minimum Gasteiger partial charge on any atom is -0.486 e. The number of halogens is 1. The summed E-state index contributed by atoms with van der Waals surface area (Å²) >= 11 is 0. The fourth-order valence-corrected chi connectivity index (χ4v) is 3.56. The van der Waals surface area contributed by atoms with Gasteiger partial charge < -0.3 is 15.4 Å². The minimum atomic E-state index is -0.736. The number of ether oxygens (including phenoxy) is 1. The SMILES string of the molecule is C=C(CC)CC.CCNC(=O)c1cc(C(=O)NC)c2c(c1)[C@H](c1ccccc1)[C@@H](CF)O2.[HH].[HH]. The zero-order valence-corrected chi connectivity index (χ0v) is 19.3. The Hall–Kier alpha value is -3.15. The van der Waals surface area contributed by atoms with E-state index in [0.717, 1.165) is 18.4 Å². The Labute approximate surface area is 193 Å². The first kappa shape index (κ1) is 25.1. The largest absolute Gasteiger partial charge is 0.486 e. The number of allylic oxidation sites excluding steroid dienone is 1. The van der Waals surface area contributed by atoms with Crippen molar-refractivity contribution in [1.29, 1.82) is 0 Å². The van der Waals surface area contributed by atoms with E-state index in [1.54, 1.807) is 6.07 Å². The zero-order chi connectivity index (χ0) is 23.7. The van der Waals surface area contributed by atoms with E-state index in [9.17, 15) is 14.0 Å². The molecule has 0 spiro atoms. The highest BCUT2D eigenvalue weighted by Gasteiger charge is 2.39. The van der Waals surface area contributed by atoms with Crippen LogP contribution in [-0.4, -0.2) is 38.2 Å². The van der Waals surface area contributed by atoms with Crippen molar-refractivity contribution in [1.82, 2.24) is 10.6 Å². The topological polar surface area (TPSA) is 67.4 Å². The van der Waals surface area contributed by atoms with Crippen LogP contribution in [0, 0.1) is 0 Å². The molecule has 0 saturated heterocycles. The molecule has 0 radical (unpaired) electrons. The van der Waals surface area contributed by atoms with Gasteiger partial charge in [0.25, 0.3) is 11.8 Å². The number of hydrogen-bond donors (Lipinski definition) is 2. The molecule has 2 aromatic carbocycles. The third kappa shape index (κ3) is 5.75. The lowest BCUT2D eigenvalue weighted by atomic mass is 9.86. The Morgan fingerprint density at radius 3 is 2.25 bits per heavy atom. The maximum atomic E-state index is 13.7. The van der Waals surface area contributed by atoms with Gasteiger partial charge in [0.05, 0.1) is 11.5 Å². The summed E-state index contributed by atoms with van der Waals surface area (Å²) in [5, 5.41) is 5.28. The zero-order valence-electron chi connectivity index (χ0n) is 19.3. The van der Waals surface area contributed by atoms with E-state index in [2.05, 4.69) is 31.1 Å². The van der Waals surface area contributed by atoms with Crippen LogP contribution in [0.1, 0.15) is 74.2 Å². The average Bonchev–Trinajstić information content (AvgIpc) is 3.22. The van der Waals surface area contributed by atoms with Crippen LogP contribution in [0.2, 0.25) is 0 Å². The molecule has 2 atom stereocenters. The van der Waals surface area contributed by atoms with E-state index in [4.69, 9.17) is 4.74 Å². The van der Waals surface area contributed by atoms with Crippen LogP contribution in [0.4, 0.5) is 4.39 Å². The molecular weight excluding hydrogens is 407 g/mol. The van der Waals surface area contributed by atoms with Gasteiger partial charge in [0.1, 0.15) is 18.5 Å². The summed E-state index contributed by atoms with van der Waals surface area (Å²) in [5.41, 5.74) is 3.47. The summed E-state index contributed by atoms with van der Waals surface area (Å²) in [5.74, 6) is -0.697. The summed E-state index contributed by atoms with van der Waals surface area (Å²) in [4.78, 5) is 24.7. The quantitative estimate of drug-likeness (QED) is 0.553. The fourth-order valence-electron chi connectivity index (χ4n) is 3.56. The van der Waals surface area contributed by atoms with Crippen LogP contribution in [0.5, 0.6) is 5.75 Å². The molecule has 0 bridgehead atoms. The molecule has 2 aromatic rings. The second kappa shape index (κ2) is 12.0. The van der Waals surface area contributed by atoms with Crippen LogP contribution in [0.25, 0.3) is 0 Å². The first-order chi connectivity index (χ1) is 15.4. The lowest BCUT2D eigenvalue weighted by Crippen LogP contribution is -2.24. The molecule has 2 amide bonds. The molecule has 32 heavy (non-hydrogen) atoms. The molecule has 176 valence electrons. The van der Waals surface area contributed by atoms with Crippen molar-refractivity contribution in [2.45, 2.75) is 45.6 Å². The van der Waals surface area contributed by atoms with Crippen molar-refractivity contribution in [3.8, 4) is 5.75 Å². The third-order valence-corrected chi connectivity index (χ3v) is 5.48. The Bertz CT molecular complexity index is 949. The number of carbonyl (C=O) groups is 2. The van der Waals surface area contributed by atoms with E-state index in [0.29, 0.717) is 23.4 Å². The van der Waals surface area contributed by atoms with E-state index < -0.39 is 12.8 Å². The molecule has 0 saturated carbocycles. The summed E-state index contributed by atoms with van der Waals surface area (Å²) < 4.78 is 19.5. The summed E-state index contributed by atoms with van der Waals surface area (Å²) in [6, 6.07) is 12.6. The first-order valence-corrected chi connectivity index (χ1v) is 11.0. The fraction of sp³-hybridized carbons (Fsp3) is 0.385. The molecule has 3 rings (SSSR count). The number of amides is 2. The van der Waals surface area contributed by atoms with Gasteiger partial charge in [-0.2, -0.15) is 0 Å². The predicted octanol–water partition coefficient (Wildman–Crippen LogP) is 5.51. The highest BCUT2D eigenvalue weighted by molar-refractivity contribution is 6.02. The van der Waals surface area contributed by atoms with Gasteiger partial charge in [0, 0.05) is 27.6 Å². The first-order valence-electron chi connectivity index (χ1n) is 11.0. The molecular formula is C26H37FN2O3. The second-order valence-corrected chi connectivity index (χ2v) is 7.54. The average molecular weight is 445 g/mol.